The second-order valence-corrected chi connectivity index (χ2v) is 7.56. The average molecular weight is 431 g/mol. The van der Waals surface area contributed by atoms with Gasteiger partial charge in [-0.25, -0.2) is 9.37 Å². The number of nitrogens with zero attached hydrogens (tertiary/aromatic N) is 5. The Morgan fingerprint density at radius 1 is 1.16 bits per heavy atom. The van der Waals surface area contributed by atoms with Crippen LogP contribution < -0.4 is 20.2 Å². The van der Waals surface area contributed by atoms with Crippen LogP contribution in [-0.2, 0) is 13.7 Å². The molecule has 0 bridgehead atoms. The zero-order valence-electron chi connectivity index (χ0n) is 17.7. The van der Waals surface area contributed by atoms with Crippen LogP contribution in [0.2, 0.25) is 0 Å². The van der Waals surface area contributed by atoms with Gasteiger partial charge in [-0.2, -0.15) is 5.10 Å². The van der Waals surface area contributed by atoms with Gasteiger partial charge in [0.1, 0.15) is 6.67 Å². The summed E-state index contributed by atoms with van der Waals surface area (Å²) in [5.74, 6) is 0.475. The van der Waals surface area contributed by atoms with Crippen LogP contribution in [0.3, 0.4) is 0 Å². The normalized spacial score (nSPS) is 15.6. The number of alkyl halides is 1. The lowest BCUT2D eigenvalue weighted by Gasteiger charge is -2.31. The number of aliphatic hydroxyl groups excluding tert-OH is 1. The Morgan fingerprint density at radius 3 is 2.78 bits per heavy atom. The molecule has 0 amide bonds. The number of pyridine rings is 2. The second-order valence-electron chi connectivity index (χ2n) is 7.56. The molecule has 7 nitrogen and oxygen atoms in total. The SMILES string of the molecule is CCOc1ccc2c(n1)=C(c1ccc(CF)nc1)C(O)N(c1ccc3nn(C)cc3c1)C=2. The molecular formula is C24H22FN5O2. The van der Waals surface area contributed by atoms with Gasteiger partial charge in [0.05, 0.1) is 23.2 Å². The van der Waals surface area contributed by atoms with Gasteiger partial charge in [0.2, 0.25) is 5.88 Å². The minimum atomic E-state index is -1.03. The highest BCUT2D eigenvalue weighted by Crippen LogP contribution is 2.28. The highest BCUT2D eigenvalue weighted by molar-refractivity contribution is 5.85. The lowest BCUT2D eigenvalue weighted by Crippen LogP contribution is -2.47. The van der Waals surface area contributed by atoms with Crippen molar-refractivity contribution in [2.45, 2.75) is 19.8 Å². The van der Waals surface area contributed by atoms with Crippen LogP contribution in [0, 0.1) is 0 Å². The van der Waals surface area contributed by atoms with Gasteiger partial charge in [-0.05, 0) is 37.3 Å². The Bertz CT molecular complexity index is 1410. The first-order chi connectivity index (χ1) is 15.6. The van der Waals surface area contributed by atoms with Gasteiger partial charge < -0.3 is 14.7 Å². The highest BCUT2D eigenvalue weighted by atomic mass is 19.1. The third-order valence-corrected chi connectivity index (χ3v) is 5.42. The molecular weight excluding hydrogens is 409 g/mol. The summed E-state index contributed by atoms with van der Waals surface area (Å²) < 4.78 is 20.3. The largest absolute Gasteiger partial charge is 0.478 e. The summed E-state index contributed by atoms with van der Waals surface area (Å²) in [7, 11) is 1.87. The molecule has 0 radical (unpaired) electrons. The van der Waals surface area contributed by atoms with Crippen molar-refractivity contribution in [1.82, 2.24) is 19.7 Å². The van der Waals surface area contributed by atoms with Crippen LogP contribution >= 0.6 is 0 Å². The molecule has 0 saturated carbocycles. The standard InChI is InChI=1S/C24H22FN5O2/c1-3-32-21-9-5-16-14-30(19-7-8-20-17(10-19)13-29(2)28-20)24(31)22(23(16)27-21)15-4-6-18(11-25)26-12-15/h4-10,12-14,24,31H,3,11H2,1-2H3. The van der Waals surface area contributed by atoms with Crippen molar-refractivity contribution < 1.29 is 14.2 Å². The van der Waals surface area contributed by atoms with Crippen LogP contribution in [0.5, 0.6) is 5.88 Å². The fourth-order valence-corrected chi connectivity index (χ4v) is 3.94. The molecule has 1 atom stereocenters. The summed E-state index contributed by atoms with van der Waals surface area (Å²) in [6, 6.07) is 12.9. The maximum absolute atomic E-state index is 13.0. The third-order valence-electron chi connectivity index (χ3n) is 5.42. The lowest BCUT2D eigenvalue weighted by atomic mass is 10.0. The van der Waals surface area contributed by atoms with E-state index in [1.165, 1.54) is 0 Å². The van der Waals surface area contributed by atoms with Gasteiger partial charge in [0.25, 0.3) is 0 Å². The van der Waals surface area contributed by atoms with Gasteiger partial charge >= 0.3 is 0 Å². The Hall–Kier alpha value is -3.78. The molecule has 8 heteroatoms. The molecule has 0 aliphatic carbocycles. The number of fused-ring (bicyclic) bond motifs is 2. The van der Waals surface area contributed by atoms with E-state index in [9.17, 15) is 9.50 Å². The predicted molar refractivity (Wildman–Crippen MR) is 120 cm³/mol. The van der Waals surface area contributed by atoms with E-state index in [4.69, 9.17) is 4.74 Å². The second kappa shape index (κ2) is 8.05. The van der Waals surface area contributed by atoms with Gasteiger partial charge in [-0.15, -0.1) is 0 Å². The first-order valence-corrected chi connectivity index (χ1v) is 10.3. The quantitative estimate of drug-likeness (QED) is 0.521. The molecule has 3 aromatic heterocycles. The number of hydrogen-bond acceptors (Lipinski definition) is 6. The predicted octanol–water partition coefficient (Wildman–Crippen LogP) is 2.01. The van der Waals surface area contributed by atoms with E-state index in [0.29, 0.717) is 34.7 Å². The van der Waals surface area contributed by atoms with Gasteiger partial charge in [-0.3, -0.25) is 9.67 Å². The molecule has 1 unspecified atom stereocenters. The minimum Gasteiger partial charge on any atom is -0.478 e. The highest BCUT2D eigenvalue weighted by Gasteiger charge is 2.26. The molecule has 0 fully saturated rings. The summed E-state index contributed by atoms with van der Waals surface area (Å²) in [4.78, 5) is 10.6. The van der Waals surface area contributed by atoms with E-state index < -0.39 is 12.9 Å². The smallest absolute Gasteiger partial charge is 0.213 e. The number of aliphatic hydroxyl groups is 1. The van der Waals surface area contributed by atoms with Crippen molar-refractivity contribution in [3.8, 4) is 5.88 Å². The number of ether oxygens (including phenoxy) is 1. The first kappa shape index (κ1) is 20.1. The molecule has 1 N–H and O–H groups in total. The van der Waals surface area contributed by atoms with E-state index in [0.717, 1.165) is 21.8 Å². The Balaban J connectivity index is 1.70. The van der Waals surface area contributed by atoms with Crippen molar-refractivity contribution >= 4 is 28.4 Å². The summed E-state index contributed by atoms with van der Waals surface area (Å²) in [5, 5.41) is 18.3. The van der Waals surface area contributed by atoms with Gasteiger partial charge in [0.15, 0.2) is 6.23 Å². The maximum Gasteiger partial charge on any atom is 0.213 e. The summed E-state index contributed by atoms with van der Waals surface area (Å²) >= 11 is 0. The summed E-state index contributed by atoms with van der Waals surface area (Å²) in [6.07, 6.45) is 4.34. The van der Waals surface area contributed by atoms with Crippen LogP contribution in [0.25, 0.3) is 22.7 Å². The lowest BCUT2D eigenvalue weighted by molar-refractivity contribution is 0.238. The zero-order chi connectivity index (χ0) is 22.2. The van der Waals surface area contributed by atoms with Crippen LogP contribution in [0.4, 0.5) is 10.1 Å². The number of anilines is 1. The number of hydrogen-bond donors (Lipinski definition) is 1. The Labute approximate surface area is 183 Å². The third kappa shape index (κ3) is 3.48. The molecule has 1 aliphatic heterocycles. The van der Waals surface area contributed by atoms with Gasteiger partial charge in [-0.1, -0.05) is 6.07 Å². The number of aryl methyl sites for hydroxylation is 1. The van der Waals surface area contributed by atoms with Crippen LogP contribution in [0.1, 0.15) is 18.2 Å². The molecule has 162 valence electrons. The Kier molecular flexibility index (Phi) is 5.07. The molecule has 0 spiro atoms. The van der Waals surface area contributed by atoms with E-state index in [2.05, 4.69) is 15.1 Å². The van der Waals surface area contributed by atoms with Gasteiger partial charge in [0, 0.05) is 59.1 Å². The zero-order valence-corrected chi connectivity index (χ0v) is 17.7. The number of halogens is 1. The van der Waals surface area contributed by atoms with Crippen molar-refractivity contribution in [3.63, 3.8) is 0 Å². The van der Waals surface area contributed by atoms with E-state index in [-0.39, 0.29) is 0 Å². The monoisotopic (exact) mass is 431 g/mol. The first-order valence-electron chi connectivity index (χ1n) is 10.3. The van der Waals surface area contributed by atoms with Crippen molar-refractivity contribution in [2.75, 3.05) is 11.5 Å². The Morgan fingerprint density at radius 2 is 2.03 bits per heavy atom. The maximum atomic E-state index is 13.0. The number of rotatable bonds is 5. The summed E-state index contributed by atoms with van der Waals surface area (Å²) in [5.41, 5.74) is 3.26. The van der Waals surface area contributed by atoms with Crippen LogP contribution in [-0.4, -0.2) is 37.7 Å². The molecule has 1 aliphatic rings. The molecule has 5 rings (SSSR count). The van der Waals surface area contributed by atoms with E-state index >= 15 is 0 Å². The number of aromatic nitrogens is 4. The number of benzene rings is 1. The fourth-order valence-electron chi connectivity index (χ4n) is 3.94. The fraction of sp³-hybridized carbons (Fsp3) is 0.208. The minimum absolute atomic E-state index is 0.335. The van der Waals surface area contributed by atoms with E-state index in [1.807, 2.05) is 50.6 Å². The van der Waals surface area contributed by atoms with Crippen molar-refractivity contribution in [3.05, 3.63) is 76.7 Å². The van der Waals surface area contributed by atoms with Crippen molar-refractivity contribution in [2.24, 2.45) is 7.05 Å². The molecule has 1 aromatic carbocycles. The topological polar surface area (TPSA) is 76.3 Å². The van der Waals surface area contributed by atoms with Crippen LogP contribution in [0.15, 0.2) is 54.9 Å². The van der Waals surface area contributed by atoms with E-state index in [1.54, 1.807) is 34.0 Å². The van der Waals surface area contributed by atoms with Crippen molar-refractivity contribution in [1.29, 1.82) is 0 Å². The molecule has 32 heavy (non-hydrogen) atoms. The summed E-state index contributed by atoms with van der Waals surface area (Å²) in [6.45, 7) is 1.73. The molecule has 4 aromatic rings. The molecule has 4 heterocycles. The molecule has 0 saturated heterocycles. The average Bonchev–Trinajstić information content (AvgIpc) is 3.18.